The number of fused-ring (bicyclic) bond motifs is 1. The highest BCUT2D eigenvalue weighted by atomic mass is 19.1. The van der Waals surface area contributed by atoms with Gasteiger partial charge in [-0.3, -0.25) is 9.59 Å². The summed E-state index contributed by atoms with van der Waals surface area (Å²) in [6.07, 6.45) is 0.451. The first-order valence-corrected chi connectivity index (χ1v) is 8.17. The number of carbonyl (C=O) groups excluding carboxylic acids is 2. The molecule has 138 valence electrons. The van der Waals surface area contributed by atoms with Crippen molar-refractivity contribution in [3.63, 3.8) is 0 Å². The monoisotopic (exact) mass is 362 g/mol. The quantitative estimate of drug-likeness (QED) is 0.791. The molecular weight excluding hydrogens is 343 g/mol. The Balaban J connectivity index is 1.89. The van der Waals surface area contributed by atoms with Gasteiger partial charge in [0, 0.05) is 12.1 Å². The van der Waals surface area contributed by atoms with Crippen molar-refractivity contribution < 1.29 is 23.5 Å². The van der Waals surface area contributed by atoms with Crippen LogP contribution in [0.25, 0.3) is 10.9 Å². The number of pyridine rings is 2. The lowest BCUT2D eigenvalue weighted by atomic mass is 9.97. The summed E-state index contributed by atoms with van der Waals surface area (Å²) >= 11 is 0. The highest BCUT2D eigenvalue weighted by Crippen LogP contribution is 2.29. The molecule has 0 radical (unpaired) electrons. The van der Waals surface area contributed by atoms with Gasteiger partial charge in [0.05, 0.1) is 24.1 Å². The average Bonchev–Trinajstić information content (AvgIpc) is 2.91. The SMILES string of the molecule is CC[C@H]1C(COc2nccc3nc(C(N)=O)c(OC)cc23)NC(=O)C1F. The summed E-state index contributed by atoms with van der Waals surface area (Å²) in [7, 11) is 1.40. The molecule has 3 N–H and O–H groups in total. The number of hydrogen-bond acceptors (Lipinski definition) is 6. The van der Waals surface area contributed by atoms with Gasteiger partial charge in [0.2, 0.25) is 5.88 Å². The molecule has 8 nitrogen and oxygen atoms in total. The Bertz CT molecular complexity index is 860. The van der Waals surface area contributed by atoms with Crippen molar-refractivity contribution >= 4 is 22.7 Å². The van der Waals surface area contributed by atoms with E-state index in [2.05, 4.69) is 15.3 Å². The number of halogens is 1. The summed E-state index contributed by atoms with van der Waals surface area (Å²) in [5.74, 6) is -1.34. The molecule has 1 aliphatic rings. The molecule has 2 unspecified atom stereocenters. The second kappa shape index (κ2) is 7.11. The van der Waals surface area contributed by atoms with Gasteiger partial charge in [0.1, 0.15) is 6.61 Å². The molecule has 9 heteroatoms. The number of ether oxygens (including phenoxy) is 2. The summed E-state index contributed by atoms with van der Waals surface area (Å²) < 4.78 is 24.8. The Labute approximate surface area is 148 Å². The topological polar surface area (TPSA) is 116 Å². The smallest absolute Gasteiger partial charge is 0.271 e. The molecule has 3 heterocycles. The van der Waals surface area contributed by atoms with E-state index in [4.69, 9.17) is 15.2 Å². The third kappa shape index (κ3) is 3.12. The van der Waals surface area contributed by atoms with Crippen LogP contribution in [0.4, 0.5) is 4.39 Å². The molecule has 1 fully saturated rings. The van der Waals surface area contributed by atoms with E-state index in [0.717, 1.165) is 0 Å². The van der Waals surface area contributed by atoms with Crippen LogP contribution in [0.1, 0.15) is 23.8 Å². The van der Waals surface area contributed by atoms with E-state index in [9.17, 15) is 14.0 Å². The minimum absolute atomic E-state index is 0.00604. The molecule has 0 bridgehead atoms. The van der Waals surface area contributed by atoms with Crippen LogP contribution in [0.2, 0.25) is 0 Å². The molecular formula is C17H19FN4O4. The van der Waals surface area contributed by atoms with Crippen LogP contribution in [0.3, 0.4) is 0 Å². The lowest BCUT2D eigenvalue weighted by molar-refractivity contribution is -0.123. The fourth-order valence-electron chi connectivity index (χ4n) is 3.09. The number of methoxy groups -OCH3 is 1. The molecule has 2 amide bonds. The predicted octanol–water partition coefficient (Wildman–Crippen LogP) is 0.979. The van der Waals surface area contributed by atoms with Crippen LogP contribution in [-0.4, -0.2) is 47.7 Å². The number of rotatable bonds is 6. The van der Waals surface area contributed by atoms with E-state index in [0.29, 0.717) is 17.3 Å². The number of nitrogens with zero attached hydrogens (tertiary/aromatic N) is 2. The normalized spacial score (nSPS) is 22.3. The van der Waals surface area contributed by atoms with Crippen molar-refractivity contribution in [3.8, 4) is 11.6 Å². The Kier molecular flexibility index (Phi) is 4.88. The summed E-state index contributed by atoms with van der Waals surface area (Å²) in [5.41, 5.74) is 5.77. The van der Waals surface area contributed by atoms with Crippen molar-refractivity contribution in [1.82, 2.24) is 15.3 Å². The van der Waals surface area contributed by atoms with Gasteiger partial charge in [-0.2, -0.15) is 0 Å². The van der Waals surface area contributed by atoms with Gasteiger partial charge in [-0.05, 0) is 18.6 Å². The number of aromatic nitrogens is 2. The van der Waals surface area contributed by atoms with Crippen molar-refractivity contribution in [3.05, 3.63) is 24.0 Å². The number of hydrogen-bond donors (Lipinski definition) is 2. The third-order valence-corrected chi connectivity index (χ3v) is 4.47. The predicted molar refractivity (Wildman–Crippen MR) is 90.7 cm³/mol. The van der Waals surface area contributed by atoms with Crippen LogP contribution >= 0.6 is 0 Å². The van der Waals surface area contributed by atoms with Crippen LogP contribution < -0.4 is 20.5 Å². The molecule has 0 saturated carbocycles. The highest BCUT2D eigenvalue weighted by molar-refractivity contribution is 5.97. The number of nitrogens with one attached hydrogen (secondary N) is 1. The van der Waals surface area contributed by atoms with Gasteiger partial charge in [-0.25, -0.2) is 14.4 Å². The third-order valence-electron chi connectivity index (χ3n) is 4.47. The molecule has 0 aromatic carbocycles. The van der Waals surface area contributed by atoms with Crippen molar-refractivity contribution in [2.75, 3.05) is 13.7 Å². The zero-order valence-electron chi connectivity index (χ0n) is 14.4. The fraction of sp³-hybridized carbons (Fsp3) is 0.412. The molecule has 0 spiro atoms. The zero-order valence-corrected chi connectivity index (χ0v) is 14.4. The van der Waals surface area contributed by atoms with Crippen molar-refractivity contribution in [1.29, 1.82) is 0 Å². The minimum atomic E-state index is -1.53. The molecule has 3 rings (SSSR count). The summed E-state index contributed by atoms with van der Waals surface area (Å²) in [6, 6.07) is 2.73. The number of primary amides is 1. The van der Waals surface area contributed by atoms with E-state index in [1.165, 1.54) is 13.3 Å². The largest absolute Gasteiger partial charge is 0.494 e. The summed E-state index contributed by atoms with van der Waals surface area (Å²) in [5, 5.41) is 3.12. The van der Waals surface area contributed by atoms with Crippen LogP contribution in [-0.2, 0) is 4.79 Å². The number of carbonyl (C=O) groups is 2. The lowest BCUT2D eigenvalue weighted by Crippen LogP contribution is -2.34. The maximum absolute atomic E-state index is 13.9. The number of amides is 2. The number of alkyl halides is 1. The van der Waals surface area contributed by atoms with E-state index in [-0.39, 0.29) is 23.9 Å². The number of nitrogens with two attached hydrogens (primary N) is 1. The van der Waals surface area contributed by atoms with Crippen LogP contribution in [0.5, 0.6) is 11.6 Å². The Hall–Kier alpha value is -2.97. The van der Waals surface area contributed by atoms with Crippen LogP contribution in [0.15, 0.2) is 18.3 Å². The Morgan fingerprint density at radius 1 is 1.46 bits per heavy atom. The van der Waals surface area contributed by atoms with Gasteiger partial charge in [-0.1, -0.05) is 6.92 Å². The molecule has 2 aromatic rings. The molecule has 26 heavy (non-hydrogen) atoms. The second-order valence-electron chi connectivity index (χ2n) is 5.99. The zero-order chi connectivity index (χ0) is 18.8. The minimum Gasteiger partial charge on any atom is -0.494 e. The molecule has 0 aliphatic carbocycles. The lowest BCUT2D eigenvalue weighted by Gasteiger charge is -2.18. The molecule has 1 saturated heterocycles. The summed E-state index contributed by atoms with van der Waals surface area (Å²) in [4.78, 5) is 31.4. The van der Waals surface area contributed by atoms with Gasteiger partial charge in [-0.15, -0.1) is 0 Å². The first-order valence-electron chi connectivity index (χ1n) is 8.17. The first-order chi connectivity index (χ1) is 12.5. The van der Waals surface area contributed by atoms with Gasteiger partial charge >= 0.3 is 0 Å². The van der Waals surface area contributed by atoms with E-state index in [1.807, 2.05) is 6.92 Å². The van der Waals surface area contributed by atoms with E-state index >= 15 is 0 Å². The Morgan fingerprint density at radius 2 is 2.23 bits per heavy atom. The van der Waals surface area contributed by atoms with Gasteiger partial charge < -0.3 is 20.5 Å². The highest BCUT2D eigenvalue weighted by Gasteiger charge is 2.41. The molecule has 2 aromatic heterocycles. The maximum Gasteiger partial charge on any atom is 0.271 e. The van der Waals surface area contributed by atoms with Gasteiger partial charge in [0.25, 0.3) is 11.8 Å². The fourth-order valence-corrected chi connectivity index (χ4v) is 3.09. The molecule has 3 atom stereocenters. The van der Waals surface area contributed by atoms with Gasteiger partial charge in [0.15, 0.2) is 17.6 Å². The van der Waals surface area contributed by atoms with E-state index in [1.54, 1.807) is 12.1 Å². The average molecular weight is 362 g/mol. The first kappa shape index (κ1) is 17.8. The Morgan fingerprint density at radius 3 is 2.88 bits per heavy atom. The second-order valence-corrected chi connectivity index (χ2v) is 5.99. The standard InChI is InChI=1S/C17H19FN4O4/c1-3-8-11(22-16(24)13(8)18)7-26-17-9-6-12(25-2)14(15(19)23)21-10(9)4-5-20-17/h4-6,8,11,13H,3,7H2,1-2H3,(H2,19,23)(H,22,24)/t8-,11?,13?/m0/s1. The van der Waals surface area contributed by atoms with Crippen LogP contribution in [0, 0.1) is 5.92 Å². The summed E-state index contributed by atoms with van der Waals surface area (Å²) in [6.45, 7) is 1.89. The molecule has 1 aliphatic heterocycles. The van der Waals surface area contributed by atoms with E-state index < -0.39 is 29.9 Å². The van der Waals surface area contributed by atoms with Crippen molar-refractivity contribution in [2.24, 2.45) is 11.7 Å². The maximum atomic E-state index is 13.9. The van der Waals surface area contributed by atoms with Crippen molar-refractivity contribution in [2.45, 2.75) is 25.6 Å².